The Balaban J connectivity index is 2.35. The predicted molar refractivity (Wildman–Crippen MR) is 76.0 cm³/mol. The quantitative estimate of drug-likeness (QED) is 0.491. The maximum Gasteiger partial charge on any atom is 0.238 e. The van der Waals surface area contributed by atoms with Crippen LogP contribution in [0.4, 0.5) is 4.39 Å². The third-order valence-electron chi connectivity index (χ3n) is 2.98. The van der Waals surface area contributed by atoms with Crippen LogP contribution in [0.1, 0.15) is 0 Å². The van der Waals surface area contributed by atoms with Gasteiger partial charge in [-0.25, -0.2) is 4.39 Å². The van der Waals surface area contributed by atoms with E-state index < -0.39 is 0 Å². The van der Waals surface area contributed by atoms with Crippen molar-refractivity contribution < 1.29 is 9.12 Å². The number of hydrogen-bond donors (Lipinski definition) is 0. The van der Waals surface area contributed by atoms with Gasteiger partial charge in [0.25, 0.3) is 0 Å². The summed E-state index contributed by atoms with van der Waals surface area (Å²) >= 11 is 3.45. The molecule has 0 saturated carbocycles. The monoisotopic (exact) mass is 317 g/mol. The van der Waals surface area contributed by atoms with E-state index in [1.165, 1.54) is 18.3 Å². The van der Waals surface area contributed by atoms with E-state index in [4.69, 9.17) is 0 Å². The van der Waals surface area contributed by atoms with Crippen LogP contribution in [0.2, 0.25) is 0 Å². The lowest BCUT2D eigenvalue weighted by Gasteiger charge is -2.09. The first-order chi connectivity index (χ1) is 9.16. The number of nitrogens with zero attached hydrogens (tertiary/aromatic N) is 1. The number of rotatable bonds is 1. The SMILES string of the molecule is [O-][n+]1cc2cc(F)ccc2c(Br)c1-c1ccccc1. The second-order valence-corrected chi connectivity index (χ2v) is 5.01. The molecule has 2 nitrogen and oxygen atoms in total. The summed E-state index contributed by atoms with van der Waals surface area (Å²) in [5.74, 6) is -0.355. The molecule has 3 aromatic rings. The van der Waals surface area contributed by atoms with Crippen molar-refractivity contribution in [3.05, 3.63) is 70.2 Å². The van der Waals surface area contributed by atoms with Gasteiger partial charge < -0.3 is 5.21 Å². The van der Waals surface area contributed by atoms with E-state index in [0.717, 1.165) is 15.7 Å². The number of fused-ring (bicyclic) bond motifs is 1. The van der Waals surface area contributed by atoms with Gasteiger partial charge >= 0.3 is 0 Å². The van der Waals surface area contributed by atoms with E-state index in [0.29, 0.717) is 15.6 Å². The summed E-state index contributed by atoms with van der Waals surface area (Å²) in [4.78, 5) is 0. The fourth-order valence-corrected chi connectivity index (χ4v) is 2.87. The number of halogens is 2. The molecule has 4 heteroatoms. The van der Waals surface area contributed by atoms with Crippen molar-refractivity contribution in [1.82, 2.24) is 0 Å². The van der Waals surface area contributed by atoms with Gasteiger partial charge in [0.05, 0.1) is 9.86 Å². The Morgan fingerprint density at radius 3 is 2.53 bits per heavy atom. The van der Waals surface area contributed by atoms with E-state index in [9.17, 15) is 9.60 Å². The van der Waals surface area contributed by atoms with Crippen molar-refractivity contribution in [2.75, 3.05) is 0 Å². The van der Waals surface area contributed by atoms with Crippen molar-refractivity contribution in [3.63, 3.8) is 0 Å². The fourth-order valence-electron chi connectivity index (χ4n) is 2.11. The highest BCUT2D eigenvalue weighted by Crippen LogP contribution is 2.31. The fraction of sp³-hybridized carbons (Fsp3) is 0. The lowest BCUT2D eigenvalue weighted by atomic mass is 10.1. The average molecular weight is 318 g/mol. The molecular weight excluding hydrogens is 309 g/mol. The van der Waals surface area contributed by atoms with E-state index in [1.807, 2.05) is 30.3 Å². The maximum absolute atomic E-state index is 13.2. The molecule has 0 N–H and O–H groups in total. The van der Waals surface area contributed by atoms with Gasteiger partial charge in [-0.1, -0.05) is 18.2 Å². The van der Waals surface area contributed by atoms with Crippen LogP contribution < -0.4 is 4.73 Å². The molecule has 0 atom stereocenters. The molecular formula is C15H9BrFNO. The highest BCUT2D eigenvalue weighted by atomic mass is 79.9. The Bertz CT molecular complexity index is 759. The summed E-state index contributed by atoms with van der Waals surface area (Å²) in [5, 5.41) is 13.5. The van der Waals surface area contributed by atoms with Crippen LogP contribution in [-0.2, 0) is 0 Å². The smallest absolute Gasteiger partial charge is 0.238 e. The van der Waals surface area contributed by atoms with Crippen molar-refractivity contribution in [1.29, 1.82) is 0 Å². The molecule has 1 aromatic heterocycles. The third-order valence-corrected chi connectivity index (χ3v) is 3.78. The molecule has 2 aromatic carbocycles. The Hall–Kier alpha value is -1.94. The largest absolute Gasteiger partial charge is 0.618 e. The molecule has 0 bridgehead atoms. The Morgan fingerprint density at radius 1 is 1.05 bits per heavy atom. The van der Waals surface area contributed by atoms with Gasteiger partial charge in [-0.2, -0.15) is 4.73 Å². The number of pyridine rings is 1. The topological polar surface area (TPSA) is 26.9 Å². The first kappa shape index (κ1) is 12.1. The molecule has 0 amide bonds. The standard InChI is InChI=1S/C15H9BrFNO/c16-14-13-7-6-12(17)8-11(13)9-18(19)15(14)10-4-2-1-3-5-10/h1-9H. The molecule has 19 heavy (non-hydrogen) atoms. The zero-order valence-corrected chi connectivity index (χ0v) is 11.4. The Labute approximate surface area is 117 Å². The Kier molecular flexibility index (Phi) is 2.95. The van der Waals surface area contributed by atoms with Gasteiger partial charge in [-0.05, 0) is 46.3 Å². The third kappa shape index (κ3) is 2.08. The van der Waals surface area contributed by atoms with Gasteiger partial charge in [0.1, 0.15) is 5.82 Å². The summed E-state index contributed by atoms with van der Waals surface area (Å²) in [6.07, 6.45) is 1.39. The lowest BCUT2D eigenvalue weighted by molar-refractivity contribution is -0.592. The molecule has 0 spiro atoms. The Morgan fingerprint density at radius 2 is 1.79 bits per heavy atom. The van der Waals surface area contributed by atoms with Gasteiger partial charge in [-0.15, -0.1) is 0 Å². The molecule has 0 aliphatic carbocycles. The van der Waals surface area contributed by atoms with Crippen LogP contribution in [0.3, 0.4) is 0 Å². The summed E-state index contributed by atoms with van der Waals surface area (Å²) in [5.41, 5.74) is 1.34. The predicted octanol–water partition coefficient (Wildman–Crippen LogP) is 4.04. The van der Waals surface area contributed by atoms with Gasteiger partial charge in [0.2, 0.25) is 5.69 Å². The van der Waals surface area contributed by atoms with Crippen molar-refractivity contribution in [2.24, 2.45) is 0 Å². The lowest BCUT2D eigenvalue weighted by Crippen LogP contribution is -2.29. The maximum atomic E-state index is 13.2. The highest BCUT2D eigenvalue weighted by molar-refractivity contribution is 9.10. The zero-order valence-electron chi connectivity index (χ0n) is 9.81. The average Bonchev–Trinajstić information content (AvgIpc) is 2.39. The molecule has 0 aliphatic heterocycles. The van der Waals surface area contributed by atoms with E-state index in [1.54, 1.807) is 6.07 Å². The first-order valence-electron chi connectivity index (χ1n) is 5.73. The first-order valence-corrected chi connectivity index (χ1v) is 6.52. The number of hydrogen-bond acceptors (Lipinski definition) is 1. The summed E-state index contributed by atoms with van der Waals surface area (Å²) in [6, 6.07) is 13.8. The second kappa shape index (κ2) is 4.63. The van der Waals surface area contributed by atoms with Crippen LogP contribution in [0, 0.1) is 11.0 Å². The van der Waals surface area contributed by atoms with Crippen LogP contribution in [-0.4, -0.2) is 0 Å². The summed E-state index contributed by atoms with van der Waals surface area (Å²) < 4.78 is 14.6. The van der Waals surface area contributed by atoms with Gasteiger partial charge in [0, 0.05) is 10.9 Å². The van der Waals surface area contributed by atoms with Gasteiger partial charge in [0.15, 0.2) is 6.20 Å². The number of aromatic nitrogens is 1. The minimum absolute atomic E-state index is 0.355. The molecule has 0 unspecified atom stereocenters. The summed E-state index contributed by atoms with van der Waals surface area (Å²) in [7, 11) is 0. The minimum atomic E-state index is -0.355. The molecule has 94 valence electrons. The van der Waals surface area contributed by atoms with Crippen molar-refractivity contribution in [3.8, 4) is 11.3 Å². The second-order valence-electron chi connectivity index (χ2n) is 4.22. The molecule has 0 radical (unpaired) electrons. The molecule has 3 rings (SSSR count). The molecule has 0 saturated heterocycles. The van der Waals surface area contributed by atoms with Crippen LogP contribution in [0.5, 0.6) is 0 Å². The van der Waals surface area contributed by atoms with Crippen molar-refractivity contribution >= 4 is 26.7 Å². The zero-order chi connectivity index (χ0) is 13.4. The molecule has 1 heterocycles. The van der Waals surface area contributed by atoms with E-state index >= 15 is 0 Å². The van der Waals surface area contributed by atoms with Gasteiger partial charge in [-0.3, -0.25) is 0 Å². The number of benzene rings is 2. The minimum Gasteiger partial charge on any atom is -0.618 e. The molecule has 0 aliphatic rings. The van der Waals surface area contributed by atoms with Crippen LogP contribution >= 0.6 is 15.9 Å². The molecule has 0 fully saturated rings. The summed E-state index contributed by atoms with van der Waals surface area (Å²) in [6.45, 7) is 0. The van der Waals surface area contributed by atoms with Crippen molar-refractivity contribution in [2.45, 2.75) is 0 Å². The van der Waals surface area contributed by atoms with Crippen LogP contribution in [0.25, 0.3) is 22.0 Å². The highest BCUT2D eigenvalue weighted by Gasteiger charge is 2.17. The van der Waals surface area contributed by atoms with Crippen LogP contribution in [0.15, 0.2) is 59.2 Å². The van der Waals surface area contributed by atoms with E-state index in [2.05, 4.69) is 15.9 Å². The normalized spacial score (nSPS) is 10.8. The van der Waals surface area contributed by atoms with E-state index in [-0.39, 0.29) is 5.82 Å².